The lowest BCUT2D eigenvalue weighted by molar-refractivity contribution is -0.123. The molecule has 0 saturated heterocycles. The van der Waals surface area contributed by atoms with Gasteiger partial charge in [-0.3, -0.25) is 14.5 Å². The summed E-state index contributed by atoms with van der Waals surface area (Å²) >= 11 is 3.27. The van der Waals surface area contributed by atoms with E-state index in [1.54, 1.807) is 28.0 Å². The van der Waals surface area contributed by atoms with Crippen molar-refractivity contribution in [1.82, 2.24) is 15.1 Å². The number of carbonyl (C=O) groups excluding carboxylic acids is 2. The van der Waals surface area contributed by atoms with Crippen LogP contribution in [0.25, 0.3) is 16.9 Å². The number of benzene rings is 2. The van der Waals surface area contributed by atoms with E-state index in [4.69, 9.17) is 5.10 Å². The summed E-state index contributed by atoms with van der Waals surface area (Å²) in [6.45, 7) is 6.65. The van der Waals surface area contributed by atoms with Crippen LogP contribution in [0.5, 0.6) is 0 Å². The molecule has 3 heterocycles. The van der Waals surface area contributed by atoms with Gasteiger partial charge in [-0.15, -0.1) is 23.1 Å². The summed E-state index contributed by atoms with van der Waals surface area (Å²) in [4.78, 5) is 29.5. The average Bonchev–Trinajstić information content (AvgIpc) is 3.53. The molecule has 190 valence electrons. The van der Waals surface area contributed by atoms with Crippen LogP contribution < -0.4 is 10.2 Å². The van der Waals surface area contributed by atoms with Crippen molar-refractivity contribution in [1.29, 1.82) is 0 Å². The Morgan fingerprint density at radius 2 is 1.84 bits per heavy atom. The number of carbonyl (C=O) groups is 2. The fourth-order valence-corrected chi connectivity index (χ4v) is 6.66. The van der Waals surface area contributed by atoms with Crippen molar-refractivity contribution in [3.05, 3.63) is 88.1 Å². The second kappa shape index (κ2) is 10.9. The maximum Gasteiger partial charge on any atom is 0.240 e. The van der Waals surface area contributed by atoms with E-state index in [9.17, 15) is 9.59 Å². The summed E-state index contributed by atoms with van der Waals surface area (Å²) < 4.78 is 1.87. The zero-order chi connectivity index (χ0) is 25.9. The Labute approximate surface area is 225 Å². The Hall–Kier alpha value is -3.36. The van der Waals surface area contributed by atoms with E-state index in [1.165, 1.54) is 0 Å². The number of anilines is 1. The van der Waals surface area contributed by atoms with Gasteiger partial charge >= 0.3 is 0 Å². The van der Waals surface area contributed by atoms with Crippen LogP contribution in [0.4, 0.5) is 5.82 Å². The quantitative estimate of drug-likeness (QED) is 0.325. The zero-order valence-electron chi connectivity index (χ0n) is 21.2. The Kier molecular flexibility index (Phi) is 7.48. The van der Waals surface area contributed by atoms with Crippen LogP contribution in [0.15, 0.2) is 72.1 Å². The molecule has 1 aliphatic rings. The molecule has 1 aliphatic heterocycles. The molecule has 1 atom stereocenters. The van der Waals surface area contributed by atoms with Crippen molar-refractivity contribution in [2.45, 2.75) is 26.0 Å². The number of amides is 2. The molecule has 0 unspecified atom stereocenters. The van der Waals surface area contributed by atoms with E-state index in [2.05, 4.69) is 30.6 Å². The Bertz CT molecular complexity index is 1400. The SMILES string of the molecule is Cc1ccccc1-n1nc(-c2ccccc2)c2c1N(CC(=O)NCC(C)C)C(=O)CS[C@@H]2c1cccs1. The van der Waals surface area contributed by atoms with Crippen LogP contribution in [0.3, 0.4) is 0 Å². The summed E-state index contributed by atoms with van der Waals surface area (Å²) in [5, 5.41) is 10.1. The van der Waals surface area contributed by atoms with Crippen molar-refractivity contribution < 1.29 is 9.59 Å². The molecule has 0 bridgehead atoms. The molecule has 5 rings (SSSR count). The first kappa shape index (κ1) is 25.3. The minimum atomic E-state index is -0.175. The lowest BCUT2D eigenvalue weighted by Crippen LogP contribution is -2.43. The smallest absolute Gasteiger partial charge is 0.240 e. The molecular formula is C29H30N4O2S2. The molecule has 8 heteroatoms. The van der Waals surface area contributed by atoms with Crippen LogP contribution in [-0.4, -0.2) is 40.4 Å². The molecule has 0 saturated carbocycles. The number of thiophene rings is 1. The summed E-state index contributed by atoms with van der Waals surface area (Å²) in [6, 6.07) is 22.3. The second-order valence-corrected chi connectivity index (χ2v) is 11.6. The Morgan fingerprint density at radius 1 is 1.08 bits per heavy atom. The molecule has 2 aromatic carbocycles. The number of aromatic nitrogens is 2. The lowest BCUT2D eigenvalue weighted by atomic mass is 10.0. The van der Waals surface area contributed by atoms with Crippen molar-refractivity contribution in [2.75, 3.05) is 23.7 Å². The van der Waals surface area contributed by atoms with Gasteiger partial charge in [-0.25, -0.2) is 4.68 Å². The number of hydrogen-bond acceptors (Lipinski definition) is 5. The molecule has 4 aromatic rings. The minimum absolute atomic E-state index is 0.0535. The predicted molar refractivity (Wildman–Crippen MR) is 153 cm³/mol. The van der Waals surface area contributed by atoms with Crippen molar-refractivity contribution in [2.24, 2.45) is 5.92 Å². The first-order chi connectivity index (χ1) is 17.9. The number of rotatable bonds is 7. The van der Waals surface area contributed by atoms with E-state index in [0.717, 1.165) is 32.9 Å². The number of nitrogens with one attached hydrogen (secondary N) is 1. The van der Waals surface area contributed by atoms with Gasteiger partial charge < -0.3 is 5.32 Å². The van der Waals surface area contributed by atoms with Gasteiger partial charge in [0.15, 0.2) is 0 Å². The normalized spacial score (nSPS) is 15.5. The van der Waals surface area contributed by atoms with Crippen molar-refractivity contribution in [3.63, 3.8) is 0 Å². The van der Waals surface area contributed by atoms with Gasteiger partial charge in [0.05, 0.1) is 22.4 Å². The highest BCUT2D eigenvalue weighted by molar-refractivity contribution is 8.00. The fourth-order valence-electron chi connectivity index (χ4n) is 4.48. The number of para-hydroxylation sites is 1. The van der Waals surface area contributed by atoms with E-state index in [1.807, 2.05) is 72.3 Å². The van der Waals surface area contributed by atoms with E-state index < -0.39 is 0 Å². The standard InChI is InChI=1S/C29H30N4O2S2/c1-19(2)16-30-24(34)17-32-25(35)18-37-28(23-14-9-15-36-23)26-27(21-11-5-4-6-12-21)31-33(29(26)32)22-13-8-7-10-20(22)3/h4-15,19,28H,16-18H2,1-3H3,(H,30,34)/t28-/m1/s1. The molecule has 0 fully saturated rings. The van der Waals surface area contributed by atoms with Crippen molar-refractivity contribution >= 4 is 40.7 Å². The summed E-state index contributed by atoms with van der Waals surface area (Å²) in [6.07, 6.45) is 0. The summed E-state index contributed by atoms with van der Waals surface area (Å²) in [5.74, 6) is 0.990. The number of thioether (sulfide) groups is 1. The Morgan fingerprint density at radius 3 is 2.54 bits per heavy atom. The maximum absolute atomic E-state index is 13.7. The van der Waals surface area contributed by atoms with E-state index >= 15 is 0 Å². The molecule has 0 aliphatic carbocycles. The van der Waals surface area contributed by atoms with E-state index in [0.29, 0.717) is 18.3 Å². The fraction of sp³-hybridized carbons (Fsp3) is 0.276. The highest BCUT2D eigenvalue weighted by atomic mass is 32.2. The van der Waals surface area contributed by atoms with Crippen LogP contribution in [0.2, 0.25) is 0 Å². The Balaban J connectivity index is 1.76. The number of fused-ring (bicyclic) bond motifs is 1. The highest BCUT2D eigenvalue weighted by Crippen LogP contribution is 2.49. The number of hydrogen-bond donors (Lipinski definition) is 1. The van der Waals surface area contributed by atoms with Gasteiger partial charge in [0.25, 0.3) is 0 Å². The van der Waals surface area contributed by atoms with Gasteiger partial charge in [-0.2, -0.15) is 5.10 Å². The first-order valence-electron chi connectivity index (χ1n) is 12.4. The number of nitrogens with zero attached hydrogens (tertiary/aromatic N) is 3. The second-order valence-electron chi connectivity index (χ2n) is 9.53. The lowest BCUT2D eigenvalue weighted by Gasteiger charge is -2.23. The maximum atomic E-state index is 13.7. The molecule has 6 nitrogen and oxygen atoms in total. The minimum Gasteiger partial charge on any atom is -0.354 e. The van der Waals surface area contributed by atoms with Gasteiger partial charge in [-0.05, 0) is 35.9 Å². The van der Waals surface area contributed by atoms with Gasteiger partial charge in [0.1, 0.15) is 12.4 Å². The summed E-state index contributed by atoms with van der Waals surface area (Å²) in [5.41, 5.74) is 4.69. The average molecular weight is 531 g/mol. The third kappa shape index (κ3) is 5.22. The van der Waals surface area contributed by atoms with Crippen LogP contribution >= 0.6 is 23.1 Å². The monoisotopic (exact) mass is 530 g/mol. The van der Waals surface area contributed by atoms with E-state index in [-0.39, 0.29) is 29.4 Å². The molecule has 2 amide bonds. The highest BCUT2D eigenvalue weighted by Gasteiger charge is 2.38. The third-order valence-electron chi connectivity index (χ3n) is 6.29. The topological polar surface area (TPSA) is 67.2 Å². The molecular weight excluding hydrogens is 500 g/mol. The van der Waals surface area contributed by atoms with Gasteiger partial charge in [0.2, 0.25) is 11.8 Å². The first-order valence-corrected chi connectivity index (χ1v) is 14.3. The third-order valence-corrected chi connectivity index (χ3v) is 8.61. The number of aryl methyl sites for hydroxylation is 1. The zero-order valence-corrected chi connectivity index (χ0v) is 22.8. The van der Waals surface area contributed by atoms with Crippen LogP contribution in [-0.2, 0) is 9.59 Å². The van der Waals surface area contributed by atoms with Gasteiger partial charge in [-0.1, -0.05) is 68.4 Å². The summed E-state index contributed by atoms with van der Waals surface area (Å²) in [7, 11) is 0. The van der Waals surface area contributed by atoms with Gasteiger partial charge in [0, 0.05) is 22.5 Å². The molecule has 1 N–H and O–H groups in total. The van der Waals surface area contributed by atoms with Crippen LogP contribution in [0, 0.1) is 12.8 Å². The largest absolute Gasteiger partial charge is 0.354 e. The molecule has 0 spiro atoms. The van der Waals surface area contributed by atoms with Crippen LogP contribution in [0.1, 0.15) is 35.1 Å². The molecule has 37 heavy (non-hydrogen) atoms. The molecule has 0 radical (unpaired) electrons. The van der Waals surface area contributed by atoms with Crippen molar-refractivity contribution in [3.8, 4) is 16.9 Å². The molecule has 2 aromatic heterocycles. The predicted octanol–water partition coefficient (Wildman–Crippen LogP) is 5.85.